The summed E-state index contributed by atoms with van der Waals surface area (Å²) in [7, 11) is 0. The second kappa shape index (κ2) is 9.83. The Bertz CT molecular complexity index is 1450. The molecule has 2 aliphatic heterocycles. The van der Waals surface area contributed by atoms with Crippen molar-refractivity contribution in [2.24, 2.45) is 0 Å². The number of rotatable bonds is 5. The number of hydrogen-bond donors (Lipinski definition) is 1. The third-order valence-electron chi connectivity index (χ3n) is 7.79. The molecule has 1 saturated carbocycles. The summed E-state index contributed by atoms with van der Waals surface area (Å²) >= 11 is 6.47. The number of halogens is 1. The number of aromatic nitrogens is 2. The second-order valence-corrected chi connectivity index (χ2v) is 10.6. The molecule has 8 nitrogen and oxygen atoms in total. The first-order valence-corrected chi connectivity index (χ1v) is 13.5. The number of hydrogen-bond acceptors (Lipinski definition) is 6. The van der Waals surface area contributed by atoms with Crippen LogP contribution in [0.15, 0.2) is 48.7 Å². The first kappa shape index (κ1) is 24.6. The van der Waals surface area contributed by atoms with E-state index in [1.54, 1.807) is 24.4 Å². The van der Waals surface area contributed by atoms with Crippen molar-refractivity contribution in [1.29, 1.82) is 0 Å². The molecule has 1 aromatic heterocycles. The van der Waals surface area contributed by atoms with Gasteiger partial charge in [0.25, 0.3) is 11.8 Å². The minimum atomic E-state index is -0.391. The smallest absolute Gasteiger partial charge is 0.261 e. The predicted octanol–water partition coefficient (Wildman–Crippen LogP) is 5.24. The van der Waals surface area contributed by atoms with Crippen LogP contribution in [0.25, 0.3) is 11.3 Å². The predicted molar refractivity (Wildman–Crippen MR) is 144 cm³/mol. The molecule has 1 N–H and O–H groups in total. The molecule has 1 aliphatic carbocycles. The Morgan fingerprint density at radius 2 is 1.84 bits per heavy atom. The number of imide groups is 1. The molecule has 38 heavy (non-hydrogen) atoms. The van der Waals surface area contributed by atoms with Crippen LogP contribution in [0.2, 0.25) is 5.02 Å². The van der Waals surface area contributed by atoms with E-state index in [1.807, 2.05) is 31.2 Å². The maximum Gasteiger partial charge on any atom is 0.261 e. The van der Waals surface area contributed by atoms with Crippen LogP contribution in [0, 0.1) is 0 Å². The van der Waals surface area contributed by atoms with Crippen LogP contribution in [0.1, 0.15) is 76.9 Å². The molecule has 3 amide bonds. The first-order chi connectivity index (χ1) is 18.4. The highest BCUT2D eigenvalue weighted by atomic mass is 35.5. The summed E-state index contributed by atoms with van der Waals surface area (Å²) in [6.45, 7) is 1.96. The van der Waals surface area contributed by atoms with E-state index in [9.17, 15) is 14.4 Å². The second-order valence-electron chi connectivity index (χ2n) is 10.2. The Morgan fingerprint density at radius 3 is 2.63 bits per heavy atom. The zero-order valence-corrected chi connectivity index (χ0v) is 21.9. The van der Waals surface area contributed by atoms with E-state index in [2.05, 4.69) is 15.3 Å². The molecule has 0 bridgehead atoms. The number of anilines is 1. The van der Waals surface area contributed by atoms with Crippen molar-refractivity contribution in [3.63, 3.8) is 0 Å². The van der Waals surface area contributed by atoms with Gasteiger partial charge in [-0.25, -0.2) is 9.97 Å². The lowest BCUT2D eigenvalue weighted by Crippen LogP contribution is -2.41. The van der Waals surface area contributed by atoms with Crippen LogP contribution in [0.5, 0.6) is 0 Å². The molecule has 3 heterocycles. The third-order valence-corrected chi connectivity index (χ3v) is 8.06. The SMILES string of the molecule is CC1c2ccccc2C(=O)N1C(=O)CN1Cc2ccc(-c3nc(NC4CCCCC4)ncc3Cl)cc2C1=O. The van der Waals surface area contributed by atoms with Crippen LogP contribution in [0.3, 0.4) is 0 Å². The standard InChI is InChI=1S/C29H28ClN5O3/c1-17-21-9-5-6-10-22(21)28(38)35(17)25(36)16-34-15-19-12-11-18(13-23(19)27(34)37)26-24(30)14-31-29(33-26)32-20-7-3-2-4-8-20/h5-6,9-14,17,20H,2-4,7-8,15-16H2,1H3,(H,31,32,33). The number of nitrogens with one attached hydrogen (secondary N) is 1. The Labute approximate surface area is 226 Å². The number of nitrogens with zero attached hydrogens (tertiary/aromatic N) is 4. The molecule has 2 aromatic carbocycles. The Hall–Kier alpha value is -3.78. The average Bonchev–Trinajstić information content (AvgIpc) is 3.38. The van der Waals surface area contributed by atoms with Gasteiger partial charge in [0.05, 0.1) is 23.0 Å². The van der Waals surface area contributed by atoms with E-state index < -0.39 is 5.91 Å². The van der Waals surface area contributed by atoms with Gasteiger partial charge in [-0.15, -0.1) is 0 Å². The molecule has 194 valence electrons. The van der Waals surface area contributed by atoms with Gasteiger partial charge in [-0.1, -0.05) is 61.2 Å². The molecule has 1 fully saturated rings. The van der Waals surface area contributed by atoms with Crippen LogP contribution >= 0.6 is 11.6 Å². The minimum Gasteiger partial charge on any atom is -0.351 e. The molecular weight excluding hydrogens is 502 g/mol. The number of benzene rings is 2. The van der Waals surface area contributed by atoms with Crippen LogP contribution in [0.4, 0.5) is 5.95 Å². The normalized spacial score (nSPS) is 19.1. The molecular formula is C29H28ClN5O3. The Kier molecular flexibility index (Phi) is 6.35. The van der Waals surface area contributed by atoms with E-state index >= 15 is 0 Å². The summed E-state index contributed by atoms with van der Waals surface area (Å²) in [6, 6.07) is 12.8. The molecule has 1 atom stereocenters. The molecule has 9 heteroatoms. The largest absolute Gasteiger partial charge is 0.351 e. The fourth-order valence-corrected chi connectivity index (χ4v) is 5.97. The number of fused-ring (bicyclic) bond motifs is 2. The van der Waals surface area contributed by atoms with Gasteiger partial charge >= 0.3 is 0 Å². The van der Waals surface area contributed by atoms with Crippen LogP contribution < -0.4 is 5.32 Å². The van der Waals surface area contributed by atoms with Crippen molar-refractivity contribution >= 4 is 35.3 Å². The van der Waals surface area contributed by atoms with E-state index in [0.717, 1.165) is 24.0 Å². The lowest BCUT2D eigenvalue weighted by Gasteiger charge is -2.23. The van der Waals surface area contributed by atoms with Crippen LogP contribution in [-0.4, -0.2) is 50.1 Å². The fraction of sp³-hybridized carbons (Fsp3) is 0.345. The quantitative estimate of drug-likeness (QED) is 0.485. The Morgan fingerprint density at radius 1 is 1.05 bits per heavy atom. The van der Waals surface area contributed by atoms with E-state index in [1.165, 1.54) is 29.1 Å². The van der Waals surface area contributed by atoms with Gasteiger partial charge in [0.15, 0.2) is 0 Å². The zero-order chi connectivity index (χ0) is 26.4. The number of carbonyl (C=O) groups is 3. The highest BCUT2D eigenvalue weighted by Crippen LogP contribution is 2.35. The lowest BCUT2D eigenvalue weighted by atomic mass is 9.96. The summed E-state index contributed by atoms with van der Waals surface area (Å²) in [5.74, 6) is -0.434. The van der Waals surface area contributed by atoms with Crippen LogP contribution in [-0.2, 0) is 11.3 Å². The van der Waals surface area contributed by atoms with Gasteiger partial charge < -0.3 is 10.2 Å². The van der Waals surface area contributed by atoms with Gasteiger partial charge in [-0.3, -0.25) is 19.3 Å². The minimum absolute atomic E-state index is 0.170. The monoisotopic (exact) mass is 529 g/mol. The van der Waals surface area contributed by atoms with Crippen molar-refractivity contribution in [2.75, 3.05) is 11.9 Å². The molecule has 3 aromatic rings. The summed E-state index contributed by atoms with van der Waals surface area (Å²) in [6.07, 6.45) is 7.43. The molecule has 0 saturated heterocycles. The van der Waals surface area contributed by atoms with E-state index in [4.69, 9.17) is 11.6 Å². The lowest BCUT2D eigenvalue weighted by molar-refractivity contribution is -0.130. The molecule has 1 unspecified atom stereocenters. The van der Waals surface area contributed by atoms with Gasteiger partial charge in [-0.05, 0) is 43.0 Å². The topological polar surface area (TPSA) is 95.5 Å². The van der Waals surface area contributed by atoms with Crippen molar-refractivity contribution in [2.45, 2.75) is 57.7 Å². The van der Waals surface area contributed by atoms with Gasteiger partial charge in [-0.2, -0.15) is 0 Å². The maximum atomic E-state index is 13.3. The van der Waals surface area contributed by atoms with Gasteiger partial charge in [0, 0.05) is 29.3 Å². The number of carbonyl (C=O) groups excluding carboxylic acids is 3. The summed E-state index contributed by atoms with van der Waals surface area (Å²) in [5.41, 5.74) is 3.96. The Balaban J connectivity index is 1.19. The van der Waals surface area contributed by atoms with E-state index in [-0.39, 0.29) is 24.4 Å². The molecule has 0 radical (unpaired) electrons. The highest BCUT2D eigenvalue weighted by molar-refractivity contribution is 6.33. The van der Waals surface area contributed by atoms with Crippen molar-refractivity contribution < 1.29 is 14.4 Å². The highest BCUT2D eigenvalue weighted by Gasteiger charge is 2.39. The first-order valence-electron chi connectivity index (χ1n) is 13.1. The zero-order valence-electron chi connectivity index (χ0n) is 21.1. The van der Waals surface area contributed by atoms with E-state index in [0.29, 0.717) is 45.9 Å². The summed E-state index contributed by atoms with van der Waals surface area (Å²) < 4.78 is 0. The average molecular weight is 530 g/mol. The summed E-state index contributed by atoms with van der Waals surface area (Å²) in [4.78, 5) is 51.2. The molecule has 0 spiro atoms. The van der Waals surface area contributed by atoms with Gasteiger partial charge in [0.2, 0.25) is 11.9 Å². The van der Waals surface area contributed by atoms with Crippen molar-refractivity contribution in [3.05, 3.63) is 75.9 Å². The summed E-state index contributed by atoms with van der Waals surface area (Å²) in [5, 5.41) is 3.82. The molecule has 3 aliphatic rings. The fourth-order valence-electron chi connectivity index (χ4n) is 5.77. The van der Waals surface area contributed by atoms with Crippen molar-refractivity contribution in [1.82, 2.24) is 19.8 Å². The number of amides is 3. The van der Waals surface area contributed by atoms with Crippen molar-refractivity contribution in [3.8, 4) is 11.3 Å². The maximum absolute atomic E-state index is 13.3. The molecule has 6 rings (SSSR count). The van der Waals surface area contributed by atoms with Gasteiger partial charge in [0.1, 0.15) is 6.54 Å². The third kappa shape index (κ3) is 4.32.